The summed E-state index contributed by atoms with van der Waals surface area (Å²) in [7, 11) is 1.68. The summed E-state index contributed by atoms with van der Waals surface area (Å²) in [5, 5.41) is 10.2. The summed E-state index contributed by atoms with van der Waals surface area (Å²) in [6.45, 7) is 5.39. The van der Waals surface area contributed by atoms with Crippen molar-refractivity contribution in [1.82, 2.24) is 4.90 Å². The topological polar surface area (TPSA) is 45.2 Å². The van der Waals surface area contributed by atoms with Crippen LogP contribution < -0.4 is 9.64 Å². The molecule has 0 bridgehead atoms. The number of β-amino-alcohol motifs (C(OH)–C–C–N with tert-alkyl or cyclic N) is 1. The second kappa shape index (κ2) is 11.1. The lowest BCUT2D eigenvalue weighted by Gasteiger charge is -2.36. The molecule has 1 atom stereocenters. The number of nitrogens with zero attached hydrogens (tertiary/aromatic N) is 2. The average molecular weight is 393 g/mol. The molecule has 27 heavy (non-hydrogen) atoms. The molecular weight excluding hydrogens is 364 g/mol. The maximum atomic E-state index is 10.2. The largest absolute Gasteiger partial charge is 0.497 e. The standard InChI is InChI=1S/C21H28N2O3.ClH/c1-25-21-9-7-19(8-10-21)23-13-11-22(12-14-23)15-20(24)17-26-16-18-5-3-2-4-6-18;/h2-10,20,24H,11-17H2,1H3;1H. The maximum absolute atomic E-state index is 10.2. The summed E-state index contributed by atoms with van der Waals surface area (Å²) in [6, 6.07) is 18.2. The van der Waals surface area contributed by atoms with Gasteiger partial charge in [-0.1, -0.05) is 30.3 Å². The van der Waals surface area contributed by atoms with E-state index in [0.29, 0.717) is 19.8 Å². The van der Waals surface area contributed by atoms with Crippen molar-refractivity contribution in [2.24, 2.45) is 0 Å². The Morgan fingerprint density at radius 3 is 2.26 bits per heavy atom. The number of hydrogen-bond acceptors (Lipinski definition) is 5. The van der Waals surface area contributed by atoms with Gasteiger partial charge in [-0.15, -0.1) is 12.4 Å². The third-order valence-electron chi connectivity index (χ3n) is 4.70. The quantitative estimate of drug-likeness (QED) is 0.748. The molecule has 5 nitrogen and oxygen atoms in total. The number of rotatable bonds is 8. The number of hydrogen-bond donors (Lipinski definition) is 1. The van der Waals surface area contributed by atoms with Crippen LogP contribution in [0.2, 0.25) is 0 Å². The first kappa shape index (κ1) is 21.5. The van der Waals surface area contributed by atoms with E-state index >= 15 is 0 Å². The zero-order valence-corrected chi connectivity index (χ0v) is 16.6. The molecule has 2 aromatic rings. The molecule has 0 spiro atoms. The van der Waals surface area contributed by atoms with Crippen molar-refractivity contribution in [2.45, 2.75) is 12.7 Å². The smallest absolute Gasteiger partial charge is 0.119 e. The average Bonchev–Trinajstić information content (AvgIpc) is 2.69. The van der Waals surface area contributed by atoms with Crippen molar-refractivity contribution in [3.8, 4) is 5.75 Å². The molecule has 0 aromatic heterocycles. The summed E-state index contributed by atoms with van der Waals surface area (Å²) in [5.74, 6) is 0.881. The molecule has 0 amide bonds. The number of methoxy groups -OCH3 is 1. The van der Waals surface area contributed by atoms with Gasteiger partial charge < -0.3 is 19.5 Å². The van der Waals surface area contributed by atoms with Gasteiger partial charge in [0.25, 0.3) is 0 Å². The molecule has 0 radical (unpaired) electrons. The Hall–Kier alpha value is -1.79. The molecule has 1 saturated heterocycles. The van der Waals surface area contributed by atoms with Gasteiger partial charge in [-0.3, -0.25) is 4.90 Å². The van der Waals surface area contributed by atoms with Crippen molar-refractivity contribution >= 4 is 18.1 Å². The summed E-state index contributed by atoms with van der Waals surface area (Å²) < 4.78 is 10.8. The molecule has 1 aliphatic heterocycles. The highest BCUT2D eigenvalue weighted by atomic mass is 35.5. The molecule has 1 fully saturated rings. The molecule has 1 unspecified atom stereocenters. The molecule has 1 N–H and O–H groups in total. The molecule has 6 heteroatoms. The number of benzene rings is 2. The normalized spacial score (nSPS) is 15.9. The number of halogens is 1. The van der Waals surface area contributed by atoms with Crippen LogP contribution in [0.4, 0.5) is 5.69 Å². The monoisotopic (exact) mass is 392 g/mol. The fraction of sp³-hybridized carbons (Fsp3) is 0.429. The van der Waals surface area contributed by atoms with Crippen molar-refractivity contribution in [2.75, 3.05) is 51.3 Å². The first-order valence-electron chi connectivity index (χ1n) is 9.15. The summed E-state index contributed by atoms with van der Waals surface area (Å²) in [6.07, 6.45) is -0.453. The number of aliphatic hydroxyl groups is 1. The third kappa shape index (κ3) is 6.70. The molecule has 2 aromatic carbocycles. The van der Waals surface area contributed by atoms with Crippen LogP contribution in [-0.2, 0) is 11.3 Å². The van der Waals surface area contributed by atoms with E-state index < -0.39 is 6.10 Å². The van der Waals surface area contributed by atoms with Gasteiger partial charge in [0.05, 0.1) is 26.4 Å². The molecule has 1 aliphatic rings. The minimum atomic E-state index is -0.453. The number of aliphatic hydroxyl groups excluding tert-OH is 1. The number of piperazine rings is 1. The van der Waals surface area contributed by atoms with Gasteiger partial charge in [0.2, 0.25) is 0 Å². The fourth-order valence-electron chi connectivity index (χ4n) is 3.22. The molecule has 3 rings (SSSR count). The summed E-state index contributed by atoms with van der Waals surface area (Å²) in [5.41, 5.74) is 2.35. The third-order valence-corrected chi connectivity index (χ3v) is 4.70. The zero-order chi connectivity index (χ0) is 18.2. The van der Waals surface area contributed by atoms with Gasteiger partial charge in [0, 0.05) is 38.4 Å². The molecular formula is C21H29ClN2O3. The van der Waals surface area contributed by atoms with Crippen molar-refractivity contribution < 1.29 is 14.6 Å². The van der Waals surface area contributed by atoms with Crippen LogP contribution in [0.1, 0.15) is 5.56 Å². The Bertz CT molecular complexity index is 646. The van der Waals surface area contributed by atoms with E-state index in [1.165, 1.54) is 5.69 Å². The van der Waals surface area contributed by atoms with Crippen LogP contribution in [0.15, 0.2) is 54.6 Å². The van der Waals surface area contributed by atoms with Gasteiger partial charge in [0.15, 0.2) is 0 Å². The highest BCUT2D eigenvalue weighted by molar-refractivity contribution is 5.85. The predicted octanol–water partition coefficient (Wildman–Crippen LogP) is 2.82. The number of anilines is 1. The van der Waals surface area contributed by atoms with Gasteiger partial charge in [0.1, 0.15) is 5.75 Å². The van der Waals surface area contributed by atoms with Crippen LogP contribution in [0.5, 0.6) is 5.75 Å². The summed E-state index contributed by atoms with van der Waals surface area (Å²) in [4.78, 5) is 4.67. The van der Waals surface area contributed by atoms with Crippen LogP contribution in [0, 0.1) is 0 Å². The van der Waals surface area contributed by atoms with Crippen LogP contribution in [0.25, 0.3) is 0 Å². The second-order valence-corrected chi connectivity index (χ2v) is 6.64. The lowest BCUT2D eigenvalue weighted by molar-refractivity contribution is 0.00914. The lowest BCUT2D eigenvalue weighted by atomic mass is 10.2. The van der Waals surface area contributed by atoms with Crippen LogP contribution in [-0.4, -0.2) is 62.6 Å². The molecule has 0 saturated carbocycles. The van der Waals surface area contributed by atoms with Gasteiger partial charge in [-0.2, -0.15) is 0 Å². The highest BCUT2D eigenvalue weighted by Crippen LogP contribution is 2.20. The van der Waals surface area contributed by atoms with Crippen LogP contribution in [0.3, 0.4) is 0 Å². The SMILES string of the molecule is COc1ccc(N2CCN(CC(O)COCc3ccccc3)CC2)cc1.Cl. The van der Waals surface area contributed by atoms with Gasteiger partial charge in [-0.05, 0) is 29.8 Å². The first-order chi connectivity index (χ1) is 12.7. The Balaban J connectivity index is 0.00000261. The van der Waals surface area contributed by atoms with E-state index in [9.17, 15) is 5.11 Å². The van der Waals surface area contributed by atoms with E-state index in [2.05, 4.69) is 21.9 Å². The maximum Gasteiger partial charge on any atom is 0.119 e. The van der Waals surface area contributed by atoms with E-state index in [-0.39, 0.29) is 12.4 Å². The lowest BCUT2D eigenvalue weighted by Crippen LogP contribution is -2.49. The van der Waals surface area contributed by atoms with Gasteiger partial charge >= 0.3 is 0 Å². The zero-order valence-electron chi connectivity index (χ0n) is 15.8. The molecule has 1 heterocycles. The Kier molecular flexibility index (Phi) is 8.88. The van der Waals surface area contributed by atoms with E-state index in [4.69, 9.17) is 9.47 Å². The Morgan fingerprint density at radius 2 is 1.63 bits per heavy atom. The minimum Gasteiger partial charge on any atom is -0.497 e. The molecule has 148 valence electrons. The van der Waals surface area contributed by atoms with Crippen molar-refractivity contribution in [3.05, 3.63) is 60.2 Å². The van der Waals surface area contributed by atoms with Crippen LogP contribution >= 0.6 is 12.4 Å². The summed E-state index contributed by atoms with van der Waals surface area (Å²) >= 11 is 0. The predicted molar refractivity (Wildman–Crippen MR) is 111 cm³/mol. The van der Waals surface area contributed by atoms with E-state index in [1.807, 2.05) is 42.5 Å². The minimum absolute atomic E-state index is 0. The van der Waals surface area contributed by atoms with Crippen molar-refractivity contribution in [3.63, 3.8) is 0 Å². The Morgan fingerprint density at radius 1 is 0.963 bits per heavy atom. The highest BCUT2D eigenvalue weighted by Gasteiger charge is 2.19. The number of ether oxygens (including phenoxy) is 2. The van der Waals surface area contributed by atoms with Gasteiger partial charge in [-0.25, -0.2) is 0 Å². The van der Waals surface area contributed by atoms with E-state index in [1.54, 1.807) is 7.11 Å². The van der Waals surface area contributed by atoms with E-state index in [0.717, 1.165) is 37.5 Å². The molecule has 0 aliphatic carbocycles. The van der Waals surface area contributed by atoms with Crippen molar-refractivity contribution in [1.29, 1.82) is 0 Å². The fourth-order valence-corrected chi connectivity index (χ4v) is 3.22. The second-order valence-electron chi connectivity index (χ2n) is 6.64. The Labute approximate surface area is 167 Å². The first-order valence-corrected chi connectivity index (χ1v) is 9.15.